The molecule has 6 rings (SSSR count). The summed E-state index contributed by atoms with van der Waals surface area (Å²) in [7, 11) is 0. The van der Waals surface area contributed by atoms with E-state index in [4.69, 9.17) is 19.8 Å². The van der Waals surface area contributed by atoms with Gasteiger partial charge in [-0.15, -0.1) is 5.10 Å². The largest absolute Gasteiger partial charge is 0.454 e. The smallest absolute Gasteiger partial charge is 0.293 e. The summed E-state index contributed by atoms with van der Waals surface area (Å²) in [5.74, 6) is 0.967. The molecule has 2 aromatic carbocycles. The zero-order valence-electron chi connectivity index (χ0n) is 19.9. The van der Waals surface area contributed by atoms with Gasteiger partial charge in [-0.2, -0.15) is 9.78 Å². The minimum atomic E-state index is -0.526. The fourth-order valence-corrected chi connectivity index (χ4v) is 4.46. The molecular weight excluding hydrogens is 478 g/mol. The number of fused-ring (bicyclic) bond motifs is 2. The summed E-state index contributed by atoms with van der Waals surface area (Å²) in [6.45, 7) is 3.10. The summed E-state index contributed by atoms with van der Waals surface area (Å²) in [6, 6.07) is 13.6. The maximum atomic E-state index is 13.3. The van der Waals surface area contributed by atoms with Crippen molar-refractivity contribution in [2.24, 2.45) is 5.10 Å². The Labute approximate surface area is 210 Å². The van der Waals surface area contributed by atoms with Gasteiger partial charge in [0.15, 0.2) is 17.2 Å². The lowest BCUT2D eigenvalue weighted by molar-refractivity contribution is 0.0948. The first kappa shape index (κ1) is 22.5. The molecule has 1 amide bonds. The van der Waals surface area contributed by atoms with Crippen molar-refractivity contribution in [3.63, 3.8) is 0 Å². The van der Waals surface area contributed by atoms with Crippen LogP contribution in [0.5, 0.6) is 11.5 Å². The van der Waals surface area contributed by atoms with Gasteiger partial charge >= 0.3 is 0 Å². The molecular formula is C24H23N9O4. The molecule has 2 aliphatic rings. The topological polar surface area (TPSA) is 159 Å². The lowest BCUT2D eigenvalue weighted by atomic mass is 10.0. The third-order valence-electron chi connectivity index (χ3n) is 6.34. The van der Waals surface area contributed by atoms with Crippen LogP contribution >= 0.6 is 0 Å². The summed E-state index contributed by atoms with van der Waals surface area (Å²) in [6.07, 6.45) is 1.97. The van der Waals surface area contributed by atoms with Crippen LogP contribution in [0.2, 0.25) is 0 Å². The molecule has 188 valence electrons. The molecule has 0 unspecified atom stereocenters. The van der Waals surface area contributed by atoms with Crippen LogP contribution in [0.25, 0.3) is 5.82 Å². The number of aryl methyl sites for hydroxylation is 1. The maximum Gasteiger partial charge on any atom is 0.293 e. The van der Waals surface area contributed by atoms with Crippen molar-refractivity contribution in [2.45, 2.75) is 26.3 Å². The van der Waals surface area contributed by atoms with Gasteiger partial charge in [-0.05, 0) is 59.9 Å². The van der Waals surface area contributed by atoms with Gasteiger partial charge in [0.2, 0.25) is 18.4 Å². The Balaban J connectivity index is 1.30. The Morgan fingerprint density at radius 2 is 2.03 bits per heavy atom. The Morgan fingerprint density at radius 1 is 1.16 bits per heavy atom. The van der Waals surface area contributed by atoms with Crippen LogP contribution in [0.3, 0.4) is 0 Å². The number of ether oxygens (including phenoxy) is 2. The highest BCUT2D eigenvalue weighted by molar-refractivity contribution is 6.01. The summed E-state index contributed by atoms with van der Waals surface area (Å²) >= 11 is 0. The van der Waals surface area contributed by atoms with Crippen LogP contribution in [0, 0.1) is 0 Å². The summed E-state index contributed by atoms with van der Waals surface area (Å²) < 4.78 is 16.9. The predicted molar refractivity (Wildman–Crippen MR) is 132 cm³/mol. The van der Waals surface area contributed by atoms with Crippen LogP contribution in [0.1, 0.15) is 40.7 Å². The SMILES string of the molecule is C/C(=N/NC(=O)c1nnn(-c2nonc2N)c1CN1CCCc2ccccc21)c1ccc2c(c1)OCO2. The molecule has 4 heterocycles. The molecule has 0 saturated carbocycles. The van der Waals surface area contributed by atoms with E-state index in [-0.39, 0.29) is 24.1 Å². The predicted octanol–water partition coefficient (Wildman–Crippen LogP) is 2.07. The number of aromatic nitrogens is 5. The first-order valence-corrected chi connectivity index (χ1v) is 11.7. The highest BCUT2D eigenvalue weighted by Crippen LogP contribution is 2.33. The van der Waals surface area contributed by atoms with Crippen molar-refractivity contribution in [1.82, 2.24) is 30.7 Å². The highest BCUT2D eigenvalue weighted by atomic mass is 16.7. The molecule has 3 N–H and O–H groups in total. The van der Waals surface area contributed by atoms with Crippen molar-refractivity contribution in [1.29, 1.82) is 0 Å². The molecule has 13 heteroatoms. The number of benzene rings is 2. The van der Waals surface area contributed by atoms with Crippen molar-refractivity contribution in [3.8, 4) is 17.3 Å². The summed E-state index contributed by atoms with van der Waals surface area (Å²) in [5, 5.41) is 20.0. The first-order valence-electron chi connectivity index (χ1n) is 11.7. The minimum Gasteiger partial charge on any atom is -0.454 e. The lowest BCUT2D eigenvalue weighted by Crippen LogP contribution is -2.31. The van der Waals surface area contributed by atoms with E-state index in [1.807, 2.05) is 24.3 Å². The van der Waals surface area contributed by atoms with Crippen LogP contribution < -0.4 is 25.5 Å². The third-order valence-corrected chi connectivity index (χ3v) is 6.34. The minimum absolute atomic E-state index is 0.0359. The Morgan fingerprint density at radius 3 is 2.89 bits per heavy atom. The van der Waals surface area contributed by atoms with Gasteiger partial charge < -0.3 is 20.1 Å². The van der Waals surface area contributed by atoms with Gasteiger partial charge in [0, 0.05) is 17.8 Å². The van der Waals surface area contributed by atoms with Crippen molar-refractivity contribution >= 4 is 23.1 Å². The van der Waals surface area contributed by atoms with Crippen molar-refractivity contribution < 1.29 is 18.9 Å². The molecule has 0 aliphatic carbocycles. The number of rotatable bonds is 6. The van der Waals surface area contributed by atoms with E-state index in [1.54, 1.807) is 13.0 Å². The molecule has 2 aliphatic heterocycles. The number of nitrogens with one attached hydrogen (secondary N) is 1. The molecule has 0 atom stereocenters. The first-order chi connectivity index (χ1) is 18.1. The van der Waals surface area contributed by atoms with E-state index in [1.165, 1.54) is 10.2 Å². The summed E-state index contributed by atoms with van der Waals surface area (Å²) in [4.78, 5) is 15.4. The van der Waals surface area contributed by atoms with Crippen LogP contribution in [0.15, 0.2) is 52.2 Å². The van der Waals surface area contributed by atoms with E-state index in [2.05, 4.69) is 48.2 Å². The maximum absolute atomic E-state index is 13.3. The van der Waals surface area contributed by atoms with Gasteiger partial charge in [0.1, 0.15) is 0 Å². The fourth-order valence-electron chi connectivity index (χ4n) is 4.46. The van der Waals surface area contributed by atoms with E-state index >= 15 is 0 Å². The third kappa shape index (κ3) is 4.20. The van der Waals surface area contributed by atoms with E-state index in [0.717, 1.165) is 30.6 Å². The normalized spacial score (nSPS) is 14.5. The Bertz CT molecular complexity index is 1510. The number of nitrogens with zero attached hydrogens (tertiary/aromatic N) is 7. The number of carbonyl (C=O) groups excluding carboxylic acids is 1. The molecule has 0 spiro atoms. The Kier molecular flexibility index (Phi) is 5.63. The molecule has 0 radical (unpaired) electrons. The van der Waals surface area contributed by atoms with E-state index < -0.39 is 5.91 Å². The second-order valence-corrected chi connectivity index (χ2v) is 8.63. The second kappa shape index (κ2) is 9.26. The molecule has 0 saturated heterocycles. The van der Waals surface area contributed by atoms with Gasteiger partial charge in [-0.3, -0.25) is 4.79 Å². The van der Waals surface area contributed by atoms with Crippen molar-refractivity contribution in [2.75, 3.05) is 24.0 Å². The van der Waals surface area contributed by atoms with Crippen LogP contribution in [-0.2, 0) is 13.0 Å². The lowest BCUT2D eigenvalue weighted by Gasteiger charge is -2.31. The average molecular weight is 502 g/mol. The number of para-hydroxylation sites is 1. The molecule has 37 heavy (non-hydrogen) atoms. The standard InChI is InChI=1S/C24H23N9O4/c1-14(16-8-9-19-20(11-16)36-13-35-19)26-28-24(34)21-18(33(31-27-21)23-22(25)29-37-30-23)12-32-10-4-6-15-5-2-3-7-17(15)32/h2-3,5,7-9,11H,4,6,10,12-13H2,1H3,(H2,25,29)(H,28,34)/b26-14-. The molecule has 4 aromatic rings. The summed E-state index contributed by atoms with van der Waals surface area (Å²) in [5.41, 5.74) is 12.8. The number of nitrogens with two attached hydrogens (primary N) is 1. The van der Waals surface area contributed by atoms with Gasteiger partial charge in [-0.1, -0.05) is 23.4 Å². The monoisotopic (exact) mass is 501 g/mol. The van der Waals surface area contributed by atoms with Crippen LogP contribution in [0.4, 0.5) is 11.5 Å². The second-order valence-electron chi connectivity index (χ2n) is 8.63. The quantitative estimate of drug-likeness (QED) is 0.296. The molecule has 13 nitrogen and oxygen atoms in total. The molecule has 2 aromatic heterocycles. The molecule has 0 bridgehead atoms. The Hall–Kier alpha value is -4.94. The van der Waals surface area contributed by atoms with Gasteiger partial charge in [0.25, 0.3) is 5.91 Å². The van der Waals surface area contributed by atoms with Crippen LogP contribution in [-0.4, -0.2) is 50.3 Å². The number of hydrazone groups is 1. The number of carbonyl (C=O) groups is 1. The fraction of sp³-hybridized carbons (Fsp3) is 0.250. The number of hydrogen-bond donors (Lipinski definition) is 2. The average Bonchev–Trinajstić information content (AvgIpc) is 3.66. The van der Waals surface area contributed by atoms with E-state index in [9.17, 15) is 4.79 Å². The molecule has 0 fully saturated rings. The van der Waals surface area contributed by atoms with Gasteiger partial charge in [-0.25, -0.2) is 10.1 Å². The van der Waals surface area contributed by atoms with E-state index in [0.29, 0.717) is 29.4 Å². The number of hydrogen-bond acceptors (Lipinski definition) is 11. The number of anilines is 2. The van der Waals surface area contributed by atoms with Gasteiger partial charge in [0.05, 0.1) is 18.0 Å². The van der Waals surface area contributed by atoms with Crippen molar-refractivity contribution in [3.05, 3.63) is 65.0 Å². The number of amides is 1. The zero-order chi connectivity index (χ0) is 25.4. The highest BCUT2D eigenvalue weighted by Gasteiger charge is 2.27. The zero-order valence-corrected chi connectivity index (χ0v) is 19.9. The number of nitrogen functional groups attached to an aromatic ring is 1.